The SMILES string of the molecule is COCCN1C(=O)S/C(=C/c2cc(Br)ccc2OCc2ccc(F)cc2)C1=O. The molecule has 3 rings (SSSR count). The summed E-state index contributed by atoms with van der Waals surface area (Å²) in [5, 5.41) is -0.322. The summed E-state index contributed by atoms with van der Waals surface area (Å²) in [6.45, 7) is 0.747. The molecule has 1 heterocycles. The number of halogens is 2. The standard InChI is InChI=1S/C20H17BrFNO4S/c1-26-9-8-23-19(24)18(28-20(23)25)11-14-10-15(21)4-7-17(14)27-12-13-2-5-16(22)6-3-13/h2-7,10-11H,8-9,12H2,1H3/b18-11+. The van der Waals surface area contributed by atoms with Crippen LogP contribution >= 0.6 is 27.7 Å². The van der Waals surface area contributed by atoms with Gasteiger partial charge >= 0.3 is 0 Å². The second-order valence-corrected chi connectivity index (χ2v) is 7.83. The van der Waals surface area contributed by atoms with E-state index < -0.39 is 0 Å². The van der Waals surface area contributed by atoms with Gasteiger partial charge in [0.1, 0.15) is 18.2 Å². The molecule has 2 amide bonds. The van der Waals surface area contributed by atoms with E-state index in [1.165, 1.54) is 19.2 Å². The molecule has 1 aliphatic heterocycles. The molecular formula is C20H17BrFNO4S. The Labute approximate surface area is 174 Å². The lowest BCUT2D eigenvalue weighted by Crippen LogP contribution is -2.31. The molecule has 0 aromatic heterocycles. The topological polar surface area (TPSA) is 55.8 Å². The summed E-state index contributed by atoms with van der Waals surface area (Å²) in [5.74, 6) is -0.106. The number of rotatable bonds is 7. The fraction of sp³-hybridized carbons (Fsp3) is 0.200. The number of carbonyl (C=O) groups is 2. The van der Waals surface area contributed by atoms with Gasteiger partial charge in [0.05, 0.1) is 18.1 Å². The van der Waals surface area contributed by atoms with Crippen LogP contribution in [0.15, 0.2) is 51.8 Å². The van der Waals surface area contributed by atoms with Gasteiger partial charge in [-0.05, 0) is 53.7 Å². The maximum atomic E-state index is 13.0. The van der Waals surface area contributed by atoms with E-state index in [0.29, 0.717) is 16.2 Å². The van der Waals surface area contributed by atoms with Crippen molar-refractivity contribution in [1.82, 2.24) is 4.90 Å². The van der Waals surface area contributed by atoms with Crippen LogP contribution in [0.5, 0.6) is 5.75 Å². The minimum absolute atomic E-state index is 0.213. The van der Waals surface area contributed by atoms with E-state index in [-0.39, 0.29) is 36.7 Å². The van der Waals surface area contributed by atoms with E-state index in [4.69, 9.17) is 9.47 Å². The third-order valence-electron chi connectivity index (χ3n) is 3.96. The summed E-state index contributed by atoms with van der Waals surface area (Å²) in [6.07, 6.45) is 1.64. The van der Waals surface area contributed by atoms with Gasteiger partial charge in [0.2, 0.25) is 0 Å². The van der Waals surface area contributed by atoms with Gasteiger partial charge in [0.25, 0.3) is 11.1 Å². The number of imide groups is 1. The molecule has 2 aromatic rings. The van der Waals surface area contributed by atoms with Crippen molar-refractivity contribution in [3.05, 3.63) is 68.8 Å². The largest absolute Gasteiger partial charge is 0.488 e. The minimum Gasteiger partial charge on any atom is -0.488 e. The Balaban J connectivity index is 1.80. The van der Waals surface area contributed by atoms with Crippen LogP contribution in [0.4, 0.5) is 9.18 Å². The molecule has 0 unspecified atom stereocenters. The van der Waals surface area contributed by atoms with Gasteiger partial charge in [-0.2, -0.15) is 0 Å². The quantitative estimate of drug-likeness (QED) is 0.547. The number of ether oxygens (including phenoxy) is 2. The molecule has 0 bridgehead atoms. The average molecular weight is 466 g/mol. The molecule has 0 atom stereocenters. The zero-order chi connectivity index (χ0) is 20.1. The number of nitrogens with zero attached hydrogens (tertiary/aromatic N) is 1. The van der Waals surface area contributed by atoms with Crippen molar-refractivity contribution in [3.8, 4) is 5.75 Å². The van der Waals surface area contributed by atoms with E-state index in [0.717, 1.165) is 26.7 Å². The van der Waals surface area contributed by atoms with Crippen LogP contribution in [0.25, 0.3) is 6.08 Å². The van der Waals surface area contributed by atoms with Crippen molar-refractivity contribution in [3.63, 3.8) is 0 Å². The van der Waals surface area contributed by atoms with Crippen molar-refractivity contribution in [2.24, 2.45) is 0 Å². The van der Waals surface area contributed by atoms with Crippen molar-refractivity contribution >= 4 is 44.9 Å². The van der Waals surface area contributed by atoms with Crippen LogP contribution in [-0.2, 0) is 16.1 Å². The molecule has 0 aliphatic carbocycles. The lowest BCUT2D eigenvalue weighted by atomic mass is 10.1. The van der Waals surface area contributed by atoms with E-state index in [2.05, 4.69) is 15.9 Å². The Morgan fingerprint density at radius 2 is 1.93 bits per heavy atom. The molecule has 28 heavy (non-hydrogen) atoms. The number of carbonyl (C=O) groups excluding carboxylic acids is 2. The molecule has 2 aromatic carbocycles. The van der Waals surface area contributed by atoms with Crippen LogP contribution in [0.2, 0.25) is 0 Å². The van der Waals surface area contributed by atoms with Gasteiger partial charge < -0.3 is 9.47 Å². The highest BCUT2D eigenvalue weighted by Gasteiger charge is 2.34. The molecule has 8 heteroatoms. The van der Waals surface area contributed by atoms with Crippen molar-refractivity contribution in [2.45, 2.75) is 6.61 Å². The Bertz CT molecular complexity index is 917. The number of thioether (sulfide) groups is 1. The maximum absolute atomic E-state index is 13.0. The van der Waals surface area contributed by atoms with Gasteiger partial charge in [-0.1, -0.05) is 28.1 Å². The molecule has 5 nitrogen and oxygen atoms in total. The van der Waals surface area contributed by atoms with Crippen LogP contribution < -0.4 is 4.74 Å². The van der Waals surface area contributed by atoms with E-state index in [1.807, 2.05) is 12.1 Å². The first kappa shape index (κ1) is 20.6. The fourth-order valence-corrected chi connectivity index (χ4v) is 3.76. The first-order valence-corrected chi connectivity index (χ1v) is 10.00. The number of amides is 2. The molecule has 1 aliphatic rings. The van der Waals surface area contributed by atoms with Crippen LogP contribution in [0.3, 0.4) is 0 Å². The Morgan fingerprint density at radius 3 is 2.64 bits per heavy atom. The Hall–Kier alpha value is -2.16. The minimum atomic E-state index is -0.350. The van der Waals surface area contributed by atoms with Gasteiger partial charge in [-0.15, -0.1) is 0 Å². The molecule has 1 fully saturated rings. The molecule has 0 radical (unpaired) electrons. The normalized spacial score (nSPS) is 15.5. The van der Waals surface area contributed by atoms with Crippen molar-refractivity contribution in [1.29, 1.82) is 0 Å². The van der Waals surface area contributed by atoms with Gasteiger partial charge in [0.15, 0.2) is 0 Å². The zero-order valence-electron chi connectivity index (χ0n) is 15.0. The highest BCUT2D eigenvalue weighted by atomic mass is 79.9. The molecule has 0 N–H and O–H groups in total. The zero-order valence-corrected chi connectivity index (χ0v) is 17.4. The molecule has 0 saturated carbocycles. The number of methoxy groups -OCH3 is 1. The molecule has 1 saturated heterocycles. The predicted molar refractivity (Wildman–Crippen MR) is 109 cm³/mol. The Kier molecular flexibility index (Phi) is 6.88. The number of hydrogen-bond donors (Lipinski definition) is 0. The highest BCUT2D eigenvalue weighted by Crippen LogP contribution is 2.35. The van der Waals surface area contributed by atoms with E-state index in [1.54, 1.807) is 24.3 Å². The second-order valence-electron chi connectivity index (χ2n) is 5.92. The second kappa shape index (κ2) is 9.36. The summed E-state index contributed by atoms with van der Waals surface area (Å²) < 4.78 is 24.6. The van der Waals surface area contributed by atoms with Gasteiger partial charge in [-0.3, -0.25) is 14.5 Å². The van der Waals surface area contributed by atoms with Crippen molar-refractivity contribution in [2.75, 3.05) is 20.3 Å². The third-order valence-corrected chi connectivity index (χ3v) is 5.36. The lowest BCUT2D eigenvalue weighted by Gasteiger charge is -2.11. The molecule has 0 spiro atoms. The monoisotopic (exact) mass is 465 g/mol. The lowest BCUT2D eigenvalue weighted by molar-refractivity contribution is -0.123. The number of benzene rings is 2. The van der Waals surface area contributed by atoms with E-state index in [9.17, 15) is 14.0 Å². The van der Waals surface area contributed by atoms with Crippen molar-refractivity contribution < 1.29 is 23.5 Å². The van der Waals surface area contributed by atoms with Gasteiger partial charge in [-0.25, -0.2) is 4.39 Å². The van der Waals surface area contributed by atoms with Gasteiger partial charge in [0, 0.05) is 17.1 Å². The maximum Gasteiger partial charge on any atom is 0.293 e. The van der Waals surface area contributed by atoms with Crippen LogP contribution in [0, 0.1) is 5.82 Å². The summed E-state index contributed by atoms with van der Waals surface area (Å²) in [5.41, 5.74) is 1.48. The summed E-state index contributed by atoms with van der Waals surface area (Å²) in [7, 11) is 1.52. The van der Waals surface area contributed by atoms with Crippen LogP contribution in [-0.4, -0.2) is 36.3 Å². The first-order valence-electron chi connectivity index (χ1n) is 8.39. The Morgan fingerprint density at radius 1 is 1.18 bits per heavy atom. The average Bonchev–Trinajstić information content (AvgIpc) is 2.94. The molecular weight excluding hydrogens is 449 g/mol. The highest BCUT2D eigenvalue weighted by molar-refractivity contribution is 9.10. The summed E-state index contributed by atoms with van der Waals surface area (Å²) in [4.78, 5) is 26.1. The summed E-state index contributed by atoms with van der Waals surface area (Å²) in [6, 6.07) is 11.4. The molecule has 146 valence electrons. The fourth-order valence-electron chi connectivity index (χ4n) is 2.52. The summed E-state index contributed by atoms with van der Waals surface area (Å²) >= 11 is 4.30. The third kappa shape index (κ3) is 5.01. The predicted octanol–water partition coefficient (Wildman–Crippen LogP) is 4.85. The number of hydrogen-bond acceptors (Lipinski definition) is 5. The van der Waals surface area contributed by atoms with E-state index >= 15 is 0 Å². The smallest absolute Gasteiger partial charge is 0.293 e. The first-order chi connectivity index (χ1) is 13.5. The van der Waals surface area contributed by atoms with Crippen LogP contribution in [0.1, 0.15) is 11.1 Å².